The number of methoxy groups -OCH3 is 1. The van der Waals surface area contributed by atoms with Gasteiger partial charge in [-0.3, -0.25) is 4.79 Å². The average Bonchev–Trinajstić information content (AvgIpc) is 2.79. The number of hydrogen-bond acceptors (Lipinski definition) is 4. The van der Waals surface area contributed by atoms with E-state index < -0.39 is 5.60 Å². The fraction of sp³-hybridized carbons (Fsp3) is 0.500. The van der Waals surface area contributed by atoms with E-state index in [2.05, 4.69) is 27.9 Å². The molecule has 0 bridgehead atoms. The van der Waals surface area contributed by atoms with Crippen molar-refractivity contribution >= 4 is 40.1 Å². The van der Waals surface area contributed by atoms with Crippen LogP contribution in [0.15, 0.2) is 12.1 Å². The molecule has 2 rings (SSSR count). The van der Waals surface area contributed by atoms with Crippen LogP contribution in [-0.2, 0) is 4.74 Å². The zero-order chi connectivity index (χ0) is 15.6. The second kappa shape index (κ2) is 6.68. The molecule has 5 nitrogen and oxygen atoms in total. The second-order valence-corrected chi connectivity index (χ2v) is 6.59. The lowest BCUT2D eigenvalue weighted by atomic mass is 9.96. The number of hydrogen-bond donors (Lipinski definition) is 2. The number of carbonyl (C=O) groups is 1. The molecule has 7 heteroatoms. The highest BCUT2D eigenvalue weighted by Gasteiger charge is 2.39. The Morgan fingerprint density at radius 2 is 2.38 bits per heavy atom. The van der Waals surface area contributed by atoms with Gasteiger partial charge in [-0.05, 0) is 41.6 Å². The first-order chi connectivity index (χ1) is 9.87. The lowest BCUT2D eigenvalue weighted by Gasteiger charge is -2.26. The minimum Gasteiger partial charge on any atom is -0.496 e. The third-order valence-electron chi connectivity index (χ3n) is 3.70. The van der Waals surface area contributed by atoms with Gasteiger partial charge in [0.2, 0.25) is 0 Å². The van der Waals surface area contributed by atoms with E-state index in [0.717, 1.165) is 3.57 Å². The molecule has 2 N–H and O–H groups in total. The molecule has 0 aliphatic carbocycles. The topological polar surface area (TPSA) is 67.8 Å². The van der Waals surface area contributed by atoms with Crippen LogP contribution in [0.4, 0.5) is 0 Å². The molecule has 0 radical (unpaired) electrons. The van der Waals surface area contributed by atoms with Gasteiger partial charge >= 0.3 is 0 Å². The Hall–Kier alpha value is -0.570. The van der Waals surface area contributed by atoms with Gasteiger partial charge < -0.3 is 19.9 Å². The molecule has 1 aliphatic heterocycles. The standard InChI is InChI=1S/C14H17ClINO4/c1-8-14(19,3-4-21-8)7-17-13(18)9-5-10(15)11(16)6-12(9)20-2/h5-6,8,19H,3-4,7H2,1-2H3,(H,17,18). The molecule has 1 aromatic rings. The third kappa shape index (κ3) is 3.61. The molecule has 0 spiro atoms. The second-order valence-electron chi connectivity index (χ2n) is 5.02. The van der Waals surface area contributed by atoms with Crippen LogP contribution in [0.5, 0.6) is 5.75 Å². The van der Waals surface area contributed by atoms with E-state index in [1.54, 1.807) is 19.1 Å². The van der Waals surface area contributed by atoms with Gasteiger partial charge in [-0.1, -0.05) is 11.6 Å². The van der Waals surface area contributed by atoms with E-state index in [0.29, 0.717) is 29.4 Å². The molecule has 1 aromatic carbocycles. The number of aliphatic hydroxyl groups is 1. The summed E-state index contributed by atoms with van der Waals surface area (Å²) in [7, 11) is 1.50. The molecule has 21 heavy (non-hydrogen) atoms. The van der Waals surface area contributed by atoms with Crippen LogP contribution in [0.1, 0.15) is 23.7 Å². The van der Waals surface area contributed by atoms with Crippen molar-refractivity contribution in [2.24, 2.45) is 0 Å². The summed E-state index contributed by atoms with van der Waals surface area (Å²) in [6.07, 6.45) is 0.193. The minimum absolute atomic E-state index is 0.125. The Kier molecular flexibility index (Phi) is 5.34. The first-order valence-corrected chi connectivity index (χ1v) is 7.98. The molecule has 1 amide bonds. The number of carbonyl (C=O) groups excluding carboxylic acids is 1. The van der Waals surface area contributed by atoms with Gasteiger partial charge in [-0.25, -0.2) is 0 Å². The Morgan fingerprint density at radius 3 is 2.95 bits per heavy atom. The first kappa shape index (κ1) is 16.8. The highest BCUT2D eigenvalue weighted by atomic mass is 127. The Morgan fingerprint density at radius 1 is 1.67 bits per heavy atom. The van der Waals surface area contributed by atoms with Gasteiger partial charge in [0.25, 0.3) is 5.91 Å². The van der Waals surface area contributed by atoms with Crippen LogP contribution in [0, 0.1) is 3.57 Å². The number of nitrogens with one attached hydrogen (secondary N) is 1. The Balaban J connectivity index is 2.12. The quantitative estimate of drug-likeness (QED) is 0.726. The van der Waals surface area contributed by atoms with Crippen LogP contribution in [0.2, 0.25) is 5.02 Å². The van der Waals surface area contributed by atoms with Crippen molar-refractivity contribution in [3.63, 3.8) is 0 Å². The maximum absolute atomic E-state index is 12.3. The van der Waals surface area contributed by atoms with Crippen molar-refractivity contribution < 1.29 is 19.4 Å². The van der Waals surface area contributed by atoms with Crippen LogP contribution < -0.4 is 10.1 Å². The van der Waals surface area contributed by atoms with Gasteiger partial charge in [0, 0.05) is 23.1 Å². The van der Waals surface area contributed by atoms with Gasteiger partial charge in [0.1, 0.15) is 11.4 Å². The number of rotatable bonds is 4. The summed E-state index contributed by atoms with van der Waals surface area (Å²) in [5.41, 5.74) is -0.686. The monoisotopic (exact) mass is 425 g/mol. The molecule has 116 valence electrons. The first-order valence-electron chi connectivity index (χ1n) is 6.52. The number of amides is 1. The Labute approximate surface area is 142 Å². The number of halogens is 2. The van der Waals surface area contributed by atoms with Crippen molar-refractivity contribution in [2.75, 3.05) is 20.3 Å². The smallest absolute Gasteiger partial charge is 0.255 e. The zero-order valence-electron chi connectivity index (χ0n) is 11.8. The van der Waals surface area contributed by atoms with Crippen molar-refractivity contribution in [1.82, 2.24) is 5.32 Å². The normalized spacial score (nSPS) is 24.9. The lowest BCUT2D eigenvalue weighted by molar-refractivity contribution is -0.0251. The average molecular weight is 426 g/mol. The van der Waals surface area contributed by atoms with Crippen LogP contribution in [0.3, 0.4) is 0 Å². The minimum atomic E-state index is -1.03. The molecule has 1 fully saturated rings. The SMILES string of the molecule is COc1cc(I)c(Cl)cc1C(=O)NCC1(O)CCOC1C. The number of benzene rings is 1. The summed E-state index contributed by atoms with van der Waals surface area (Å²) in [5.74, 6) is 0.113. The summed E-state index contributed by atoms with van der Waals surface area (Å²) in [5, 5.41) is 13.6. The molecule has 0 aromatic heterocycles. The molecule has 2 atom stereocenters. The predicted molar refractivity (Wildman–Crippen MR) is 88.0 cm³/mol. The molecule has 1 aliphatic rings. The van der Waals surface area contributed by atoms with Crippen LogP contribution >= 0.6 is 34.2 Å². The summed E-state index contributed by atoms with van der Waals surface area (Å²) in [4.78, 5) is 12.3. The molecular weight excluding hydrogens is 409 g/mol. The summed E-state index contributed by atoms with van der Waals surface area (Å²) in [6.45, 7) is 2.41. The van der Waals surface area contributed by atoms with E-state index in [1.165, 1.54) is 7.11 Å². The summed E-state index contributed by atoms with van der Waals surface area (Å²) >= 11 is 8.12. The fourth-order valence-electron chi connectivity index (χ4n) is 2.21. The van der Waals surface area contributed by atoms with Crippen molar-refractivity contribution in [3.8, 4) is 5.75 Å². The van der Waals surface area contributed by atoms with Crippen LogP contribution in [-0.4, -0.2) is 43.0 Å². The predicted octanol–water partition coefficient (Wildman–Crippen LogP) is 2.22. The van der Waals surface area contributed by atoms with Crippen molar-refractivity contribution in [2.45, 2.75) is 25.0 Å². The maximum Gasteiger partial charge on any atom is 0.255 e. The van der Waals surface area contributed by atoms with Crippen molar-refractivity contribution in [3.05, 3.63) is 26.3 Å². The Bertz CT molecular complexity index is 554. The summed E-state index contributed by atoms with van der Waals surface area (Å²) in [6, 6.07) is 3.27. The van der Waals surface area contributed by atoms with E-state index in [4.69, 9.17) is 21.1 Å². The molecular formula is C14H17ClINO4. The summed E-state index contributed by atoms with van der Waals surface area (Å²) < 4.78 is 11.4. The largest absolute Gasteiger partial charge is 0.496 e. The van der Waals surface area contributed by atoms with E-state index in [1.807, 2.05) is 0 Å². The van der Waals surface area contributed by atoms with E-state index in [-0.39, 0.29) is 18.6 Å². The fourth-order valence-corrected chi connectivity index (χ4v) is 2.81. The molecule has 2 unspecified atom stereocenters. The van der Waals surface area contributed by atoms with Gasteiger partial charge in [0.05, 0.1) is 23.8 Å². The van der Waals surface area contributed by atoms with Gasteiger partial charge in [-0.2, -0.15) is 0 Å². The molecule has 1 saturated heterocycles. The highest BCUT2D eigenvalue weighted by Crippen LogP contribution is 2.29. The zero-order valence-corrected chi connectivity index (χ0v) is 14.7. The van der Waals surface area contributed by atoms with Crippen molar-refractivity contribution in [1.29, 1.82) is 0 Å². The van der Waals surface area contributed by atoms with Crippen LogP contribution in [0.25, 0.3) is 0 Å². The number of ether oxygens (including phenoxy) is 2. The van der Waals surface area contributed by atoms with E-state index >= 15 is 0 Å². The highest BCUT2D eigenvalue weighted by molar-refractivity contribution is 14.1. The maximum atomic E-state index is 12.3. The third-order valence-corrected chi connectivity index (χ3v) is 5.23. The van der Waals surface area contributed by atoms with Gasteiger partial charge in [-0.15, -0.1) is 0 Å². The van der Waals surface area contributed by atoms with Gasteiger partial charge in [0.15, 0.2) is 0 Å². The van der Waals surface area contributed by atoms with E-state index in [9.17, 15) is 9.90 Å². The lowest BCUT2D eigenvalue weighted by Crippen LogP contribution is -2.47. The molecule has 0 saturated carbocycles. The molecule has 1 heterocycles.